The number of likely N-dealkylation sites (tertiary alicyclic amines) is 1. The van der Waals surface area contributed by atoms with Gasteiger partial charge in [0.15, 0.2) is 5.82 Å². The van der Waals surface area contributed by atoms with Crippen molar-refractivity contribution < 1.29 is 19.4 Å². The number of carbonyl (C=O) groups excluding carboxylic acids is 1. The Hall–Kier alpha value is -3.56. The SMILES string of the molecule is O=C(O)[C@H]1[C@H]2C(=O)N([C@@H](c3ccccc3)c3nnnn3-c3ccc(Cl)cc3)C[C@@]23C=C[C@H]1O3. The summed E-state index contributed by atoms with van der Waals surface area (Å²) < 4.78 is 7.63. The van der Waals surface area contributed by atoms with Gasteiger partial charge in [-0.3, -0.25) is 9.59 Å². The molecule has 3 aliphatic heterocycles. The predicted octanol–water partition coefficient (Wildman–Crippen LogP) is 2.27. The summed E-state index contributed by atoms with van der Waals surface area (Å²) in [6.45, 7) is 0.209. The van der Waals surface area contributed by atoms with Crippen molar-refractivity contribution in [2.24, 2.45) is 11.8 Å². The number of hydrogen-bond acceptors (Lipinski definition) is 6. The molecule has 2 aromatic carbocycles. The van der Waals surface area contributed by atoms with E-state index in [0.717, 1.165) is 5.56 Å². The molecule has 1 spiro atoms. The van der Waals surface area contributed by atoms with E-state index < -0.39 is 35.6 Å². The number of aromatic nitrogens is 4. The van der Waals surface area contributed by atoms with Crippen LogP contribution in [-0.2, 0) is 14.3 Å². The number of hydrogen-bond donors (Lipinski definition) is 1. The van der Waals surface area contributed by atoms with E-state index in [1.165, 1.54) is 0 Å². The van der Waals surface area contributed by atoms with Crippen molar-refractivity contribution in [2.75, 3.05) is 6.54 Å². The van der Waals surface area contributed by atoms with Gasteiger partial charge in [0.05, 0.1) is 24.3 Å². The maximum absolute atomic E-state index is 13.7. The van der Waals surface area contributed by atoms with Crippen LogP contribution >= 0.6 is 11.6 Å². The number of tetrazole rings is 1. The van der Waals surface area contributed by atoms with E-state index in [-0.39, 0.29) is 12.5 Å². The Morgan fingerprint density at radius 1 is 1.18 bits per heavy atom. The molecule has 1 aromatic heterocycles. The number of aliphatic carboxylic acids is 1. The molecule has 2 saturated heterocycles. The van der Waals surface area contributed by atoms with Gasteiger partial charge in [-0.2, -0.15) is 4.68 Å². The number of nitrogens with zero attached hydrogens (tertiary/aromatic N) is 5. The molecule has 2 bridgehead atoms. The average molecular weight is 464 g/mol. The third-order valence-corrected chi connectivity index (χ3v) is 6.90. The van der Waals surface area contributed by atoms with Crippen LogP contribution in [0.1, 0.15) is 17.4 Å². The lowest BCUT2D eigenvalue weighted by atomic mass is 9.77. The zero-order valence-corrected chi connectivity index (χ0v) is 17.9. The van der Waals surface area contributed by atoms with Crippen LogP contribution < -0.4 is 0 Å². The first-order valence-electron chi connectivity index (χ1n) is 10.5. The summed E-state index contributed by atoms with van der Waals surface area (Å²) in [5.74, 6) is -2.60. The van der Waals surface area contributed by atoms with Crippen molar-refractivity contribution in [1.29, 1.82) is 0 Å². The van der Waals surface area contributed by atoms with E-state index in [9.17, 15) is 14.7 Å². The molecule has 5 atom stereocenters. The number of ether oxygens (including phenoxy) is 1. The molecule has 0 radical (unpaired) electrons. The molecule has 3 aromatic rings. The number of carboxylic acids is 1. The van der Waals surface area contributed by atoms with Gasteiger partial charge in [-0.1, -0.05) is 54.1 Å². The molecular weight excluding hydrogens is 446 g/mol. The van der Waals surface area contributed by atoms with E-state index in [0.29, 0.717) is 16.5 Å². The minimum atomic E-state index is -1.03. The highest BCUT2D eigenvalue weighted by Gasteiger charge is 2.68. The van der Waals surface area contributed by atoms with E-state index in [2.05, 4.69) is 15.5 Å². The highest BCUT2D eigenvalue weighted by Crippen LogP contribution is 2.53. The molecular formula is C23H18ClN5O4. The molecule has 1 N–H and O–H groups in total. The topological polar surface area (TPSA) is 110 Å². The van der Waals surface area contributed by atoms with Crippen molar-refractivity contribution in [3.05, 3.63) is 83.2 Å². The fourth-order valence-electron chi connectivity index (χ4n) is 5.26. The molecule has 0 aliphatic carbocycles. The molecule has 166 valence electrons. The third kappa shape index (κ3) is 2.93. The molecule has 3 aliphatic rings. The van der Waals surface area contributed by atoms with Crippen LogP contribution in [-0.4, -0.2) is 60.3 Å². The molecule has 0 saturated carbocycles. The Labute approximate surface area is 193 Å². The van der Waals surface area contributed by atoms with Gasteiger partial charge < -0.3 is 14.7 Å². The normalized spacial score (nSPS) is 28.3. The van der Waals surface area contributed by atoms with Crippen LogP contribution in [0.25, 0.3) is 5.69 Å². The maximum Gasteiger partial charge on any atom is 0.310 e. The number of benzene rings is 2. The number of rotatable bonds is 5. The van der Waals surface area contributed by atoms with Gasteiger partial charge in [0.25, 0.3) is 0 Å². The summed E-state index contributed by atoms with van der Waals surface area (Å²) in [6, 6.07) is 15.8. The number of carbonyl (C=O) groups is 2. The zero-order chi connectivity index (χ0) is 22.7. The zero-order valence-electron chi connectivity index (χ0n) is 17.2. The number of halogens is 1. The molecule has 2 fully saturated rings. The second kappa shape index (κ2) is 7.23. The Bertz CT molecular complexity index is 1280. The van der Waals surface area contributed by atoms with Crippen LogP contribution in [0.3, 0.4) is 0 Å². The van der Waals surface area contributed by atoms with Crippen LogP contribution in [0.4, 0.5) is 0 Å². The molecule has 6 rings (SSSR count). The molecule has 1 amide bonds. The molecule has 9 nitrogen and oxygen atoms in total. The van der Waals surface area contributed by atoms with Crippen molar-refractivity contribution in [1.82, 2.24) is 25.1 Å². The van der Waals surface area contributed by atoms with E-state index in [1.54, 1.807) is 39.9 Å². The average Bonchev–Trinajstić information content (AvgIpc) is 3.57. The minimum absolute atomic E-state index is 0.209. The number of amides is 1. The summed E-state index contributed by atoms with van der Waals surface area (Å²) in [5.41, 5.74) is 0.527. The van der Waals surface area contributed by atoms with E-state index >= 15 is 0 Å². The highest BCUT2D eigenvalue weighted by molar-refractivity contribution is 6.30. The lowest BCUT2D eigenvalue weighted by molar-refractivity contribution is -0.148. The number of fused-ring (bicyclic) bond motifs is 1. The minimum Gasteiger partial charge on any atom is -0.481 e. The van der Waals surface area contributed by atoms with Gasteiger partial charge in [0, 0.05) is 5.02 Å². The molecule has 4 heterocycles. The lowest BCUT2D eigenvalue weighted by Gasteiger charge is -2.29. The summed E-state index contributed by atoms with van der Waals surface area (Å²) in [4.78, 5) is 27.4. The first kappa shape index (κ1) is 20.1. The molecule has 0 unspecified atom stereocenters. The van der Waals surface area contributed by atoms with Crippen LogP contribution in [0, 0.1) is 11.8 Å². The largest absolute Gasteiger partial charge is 0.481 e. The smallest absolute Gasteiger partial charge is 0.310 e. The second-order valence-corrected chi connectivity index (χ2v) is 8.88. The van der Waals surface area contributed by atoms with Gasteiger partial charge in [-0.05, 0) is 40.3 Å². The Balaban J connectivity index is 1.47. The van der Waals surface area contributed by atoms with Crippen molar-refractivity contribution >= 4 is 23.5 Å². The maximum atomic E-state index is 13.7. The van der Waals surface area contributed by atoms with Crippen LogP contribution in [0.5, 0.6) is 0 Å². The van der Waals surface area contributed by atoms with E-state index in [1.807, 2.05) is 36.4 Å². The Morgan fingerprint density at radius 3 is 2.67 bits per heavy atom. The van der Waals surface area contributed by atoms with Crippen molar-refractivity contribution in [3.63, 3.8) is 0 Å². The summed E-state index contributed by atoms with van der Waals surface area (Å²) >= 11 is 6.04. The van der Waals surface area contributed by atoms with Gasteiger partial charge in [0.2, 0.25) is 5.91 Å². The van der Waals surface area contributed by atoms with Gasteiger partial charge in [0.1, 0.15) is 17.6 Å². The van der Waals surface area contributed by atoms with Gasteiger partial charge in [-0.25, -0.2) is 0 Å². The van der Waals surface area contributed by atoms with Crippen molar-refractivity contribution in [2.45, 2.75) is 17.7 Å². The highest BCUT2D eigenvalue weighted by atomic mass is 35.5. The summed E-state index contributed by atoms with van der Waals surface area (Å²) in [5, 5.41) is 22.7. The Morgan fingerprint density at radius 2 is 1.94 bits per heavy atom. The summed E-state index contributed by atoms with van der Waals surface area (Å²) in [7, 11) is 0. The molecule has 33 heavy (non-hydrogen) atoms. The quantitative estimate of drug-likeness (QED) is 0.578. The van der Waals surface area contributed by atoms with Crippen molar-refractivity contribution in [3.8, 4) is 5.69 Å². The predicted molar refractivity (Wildman–Crippen MR) is 116 cm³/mol. The summed E-state index contributed by atoms with van der Waals surface area (Å²) in [6.07, 6.45) is 3.00. The van der Waals surface area contributed by atoms with Crippen LogP contribution in [0.2, 0.25) is 5.02 Å². The standard InChI is InChI=1S/C23H18ClN5O4/c24-14-6-8-15(9-7-14)29-20(25-26-27-29)19(13-4-2-1-3-5-13)28-12-23-11-10-16(33-23)17(22(31)32)18(23)21(28)30/h1-11,16-19H,12H2,(H,31,32)/t16-,17-,18+,19+,23+/m1/s1. The number of carboxylic acid groups (broad SMARTS) is 1. The second-order valence-electron chi connectivity index (χ2n) is 8.44. The van der Waals surface area contributed by atoms with Gasteiger partial charge >= 0.3 is 5.97 Å². The molecule has 10 heteroatoms. The Kier molecular flexibility index (Phi) is 4.40. The fourth-order valence-corrected chi connectivity index (χ4v) is 5.39. The lowest BCUT2D eigenvalue weighted by Crippen LogP contribution is -2.39. The monoisotopic (exact) mass is 463 g/mol. The fraction of sp³-hybridized carbons (Fsp3) is 0.261. The van der Waals surface area contributed by atoms with Crippen LogP contribution in [0.15, 0.2) is 66.7 Å². The van der Waals surface area contributed by atoms with E-state index in [4.69, 9.17) is 16.3 Å². The van der Waals surface area contributed by atoms with Gasteiger partial charge in [-0.15, -0.1) is 5.10 Å². The third-order valence-electron chi connectivity index (χ3n) is 6.65. The first-order valence-corrected chi connectivity index (χ1v) is 10.9. The first-order chi connectivity index (χ1) is 16.0.